The van der Waals surface area contributed by atoms with E-state index in [2.05, 4.69) is 11.1 Å². The molecule has 1 fully saturated rings. The van der Waals surface area contributed by atoms with Gasteiger partial charge in [-0.25, -0.2) is 4.98 Å². The molecule has 29 heavy (non-hydrogen) atoms. The molecule has 1 atom stereocenters. The maximum atomic E-state index is 13.3. The van der Waals surface area contributed by atoms with E-state index in [4.69, 9.17) is 21.1 Å². The van der Waals surface area contributed by atoms with Gasteiger partial charge in [0.15, 0.2) is 6.73 Å². The number of pyridine rings is 1. The fourth-order valence-electron chi connectivity index (χ4n) is 4.16. The van der Waals surface area contributed by atoms with Crippen molar-refractivity contribution < 1.29 is 14.3 Å². The van der Waals surface area contributed by atoms with E-state index in [0.29, 0.717) is 29.4 Å². The summed E-state index contributed by atoms with van der Waals surface area (Å²) in [6.45, 7) is 1.60. The van der Waals surface area contributed by atoms with Gasteiger partial charge in [0.05, 0.1) is 18.2 Å². The van der Waals surface area contributed by atoms with Crippen molar-refractivity contribution in [3.05, 3.63) is 70.5 Å². The average molecular weight is 409 g/mol. The Morgan fingerprint density at radius 1 is 1.17 bits per heavy atom. The van der Waals surface area contributed by atoms with Gasteiger partial charge in [0.25, 0.3) is 5.91 Å². The Morgan fingerprint density at radius 3 is 2.79 bits per heavy atom. The lowest BCUT2D eigenvalue weighted by Gasteiger charge is -2.31. The number of amides is 1. The molecule has 3 aromatic rings. The maximum Gasteiger partial charge on any atom is 0.260 e. The number of rotatable bonds is 4. The average Bonchev–Trinajstić information content (AvgIpc) is 3.25. The summed E-state index contributed by atoms with van der Waals surface area (Å²) in [6.07, 6.45) is 4.58. The zero-order valence-corrected chi connectivity index (χ0v) is 16.7. The van der Waals surface area contributed by atoms with Crippen molar-refractivity contribution in [3.63, 3.8) is 0 Å². The molecule has 1 saturated heterocycles. The Hall–Kier alpha value is -2.63. The SMILES string of the molecule is O=C1c2cc(Cc3ccc(Cl)nc3)c3ccccc3c2OCN1CC1CCCO1. The minimum Gasteiger partial charge on any atom is -0.472 e. The molecule has 148 valence electrons. The van der Waals surface area contributed by atoms with Gasteiger partial charge in [-0.1, -0.05) is 41.9 Å². The van der Waals surface area contributed by atoms with Crippen LogP contribution in [0.5, 0.6) is 5.75 Å². The number of fused-ring (bicyclic) bond motifs is 3. The van der Waals surface area contributed by atoms with Gasteiger partial charge in [0.1, 0.15) is 10.9 Å². The smallest absolute Gasteiger partial charge is 0.260 e. The van der Waals surface area contributed by atoms with Crippen molar-refractivity contribution >= 4 is 28.3 Å². The molecule has 2 aliphatic heterocycles. The molecule has 0 bridgehead atoms. The normalized spacial score (nSPS) is 18.7. The molecule has 0 saturated carbocycles. The van der Waals surface area contributed by atoms with E-state index >= 15 is 0 Å². The number of nitrogens with zero attached hydrogens (tertiary/aromatic N) is 2. The van der Waals surface area contributed by atoms with Crippen LogP contribution in [0.15, 0.2) is 48.7 Å². The van der Waals surface area contributed by atoms with Crippen molar-refractivity contribution in [1.29, 1.82) is 0 Å². The third-order valence-electron chi connectivity index (χ3n) is 5.59. The monoisotopic (exact) mass is 408 g/mol. The number of halogens is 1. The largest absolute Gasteiger partial charge is 0.472 e. The number of hydrogen-bond donors (Lipinski definition) is 0. The van der Waals surface area contributed by atoms with Gasteiger partial charge in [-0.3, -0.25) is 4.79 Å². The Balaban J connectivity index is 1.53. The highest BCUT2D eigenvalue weighted by Gasteiger charge is 2.31. The molecule has 0 aliphatic carbocycles. The number of benzene rings is 2. The summed E-state index contributed by atoms with van der Waals surface area (Å²) in [6, 6.07) is 13.8. The van der Waals surface area contributed by atoms with Crippen LogP contribution in [0.4, 0.5) is 0 Å². The van der Waals surface area contributed by atoms with Crippen LogP contribution in [0.2, 0.25) is 5.15 Å². The molecule has 6 heteroatoms. The second kappa shape index (κ2) is 7.65. The summed E-state index contributed by atoms with van der Waals surface area (Å²) in [7, 11) is 0. The van der Waals surface area contributed by atoms with Crippen molar-refractivity contribution in [2.45, 2.75) is 25.4 Å². The molecule has 5 rings (SSSR count). The van der Waals surface area contributed by atoms with Crippen molar-refractivity contribution in [2.24, 2.45) is 0 Å². The second-order valence-electron chi connectivity index (χ2n) is 7.56. The molecule has 0 N–H and O–H groups in total. The van der Waals surface area contributed by atoms with Gasteiger partial charge in [-0.2, -0.15) is 0 Å². The highest BCUT2D eigenvalue weighted by atomic mass is 35.5. The van der Waals surface area contributed by atoms with Crippen LogP contribution in [0.25, 0.3) is 10.8 Å². The van der Waals surface area contributed by atoms with Crippen LogP contribution in [-0.4, -0.2) is 41.8 Å². The number of carbonyl (C=O) groups is 1. The molecule has 2 aliphatic rings. The van der Waals surface area contributed by atoms with Crippen molar-refractivity contribution in [1.82, 2.24) is 9.88 Å². The van der Waals surface area contributed by atoms with E-state index in [1.54, 1.807) is 17.2 Å². The lowest BCUT2D eigenvalue weighted by molar-refractivity contribution is 0.0265. The van der Waals surface area contributed by atoms with Crippen molar-refractivity contribution in [2.75, 3.05) is 19.9 Å². The number of carbonyl (C=O) groups excluding carboxylic acids is 1. The third-order valence-corrected chi connectivity index (χ3v) is 5.82. The molecule has 0 spiro atoms. The lowest BCUT2D eigenvalue weighted by Crippen LogP contribution is -2.43. The fourth-order valence-corrected chi connectivity index (χ4v) is 4.27. The first kappa shape index (κ1) is 18.4. The minimum atomic E-state index is 0.00276. The quantitative estimate of drug-likeness (QED) is 0.598. The van der Waals surface area contributed by atoms with Crippen LogP contribution in [0.3, 0.4) is 0 Å². The summed E-state index contributed by atoms with van der Waals surface area (Å²) in [5.41, 5.74) is 2.73. The number of aromatic nitrogens is 1. The first-order valence-electron chi connectivity index (χ1n) is 9.88. The van der Waals surface area contributed by atoms with E-state index in [1.165, 1.54) is 0 Å². The summed E-state index contributed by atoms with van der Waals surface area (Å²) in [5.74, 6) is 0.676. The summed E-state index contributed by atoms with van der Waals surface area (Å²) in [4.78, 5) is 19.2. The van der Waals surface area contributed by atoms with E-state index in [1.807, 2.05) is 30.3 Å². The highest BCUT2D eigenvalue weighted by molar-refractivity contribution is 6.29. The van der Waals surface area contributed by atoms with Gasteiger partial charge >= 0.3 is 0 Å². The van der Waals surface area contributed by atoms with E-state index in [-0.39, 0.29) is 18.7 Å². The molecule has 3 heterocycles. The first-order chi connectivity index (χ1) is 14.2. The Labute approximate surface area is 174 Å². The lowest BCUT2D eigenvalue weighted by atomic mass is 9.94. The molecule has 2 aromatic carbocycles. The number of hydrogen-bond acceptors (Lipinski definition) is 4. The van der Waals surface area contributed by atoms with Gasteiger partial charge in [-0.15, -0.1) is 0 Å². The second-order valence-corrected chi connectivity index (χ2v) is 7.95. The van der Waals surface area contributed by atoms with Gasteiger partial charge in [-0.05, 0) is 47.9 Å². The zero-order valence-electron chi connectivity index (χ0n) is 15.9. The Morgan fingerprint density at radius 2 is 2.03 bits per heavy atom. The topological polar surface area (TPSA) is 51.7 Å². The molecule has 0 radical (unpaired) electrons. The maximum absolute atomic E-state index is 13.3. The minimum absolute atomic E-state index is 0.00276. The van der Waals surface area contributed by atoms with E-state index in [0.717, 1.165) is 41.3 Å². The standard InChI is InChI=1S/C23H21ClN2O3/c24-21-8-7-15(12-25-21)10-16-11-20-22(19-6-2-1-5-18(16)19)29-14-26(23(20)27)13-17-4-3-9-28-17/h1-2,5-8,11-12,17H,3-4,9-10,13-14H2. The van der Waals surface area contributed by atoms with E-state index < -0.39 is 0 Å². The third kappa shape index (κ3) is 3.56. The van der Waals surface area contributed by atoms with Crippen LogP contribution >= 0.6 is 11.6 Å². The molecule has 1 aromatic heterocycles. The van der Waals surface area contributed by atoms with Gasteiger partial charge < -0.3 is 14.4 Å². The van der Waals surface area contributed by atoms with Gasteiger partial charge in [0, 0.05) is 18.2 Å². The van der Waals surface area contributed by atoms with Crippen LogP contribution in [0.1, 0.15) is 34.3 Å². The Kier molecular flexibility index (Phi) is 4.86. The zero-order chi connectivity index (χ0) is 19.8. The molecule has 5 nitrogen and oxygen atoms in total. The molecule has 1 unspecified atom stereocenters. The fraction of sp³-hybridized carbons (Fsp3) is 0.304. The van der Waals surface area contributed by atoms with E-state index in [9.17, 15) is 4.79 Å². The molecular weight excluding hydrogens is 388 g/mol. The van der Waals surface area contributed by atoms with Crippen molar-refractivity contribution in [3.8, 4) is 5.75 Å². The first-order valence-corrected chi connectivity index (χ1v) is 10.3. The van der Waals surface area contributed by atoms with Crippen LogP contribution < -0.4 is 4.74 Å². The summed E-state index contributed by atoms with van der Waals surface area (Å²) >= 11 is 5.92. The van der Waals surface area contributed by atoms with Crippen LogP contribution in [-0.2, 0) is 11.2 Å². The predicted molar refractivity (Wildman–Crippen MR) is 112 cm³/mol. The predicted octanol–water partition coefficient (Wildman–Crippen LogP) is 4.45. The number of ether oxygens (including phenoxy) is 2. The highest BCUT2D eigenvalue weighted by Crippen LogP contribution is 2.37. The summed E-state index contributed by atoms with van der Waals surface area (Å²) < 4.78 is 11.8. The van der Waals surface area contributed by atoms with Gasteiger partial charge in [0.2, 0.25) is 0 Å². The molecule has 1 amide bonds. The summed E-state index contributed by atoms with van der Waals surface area (Å²) in [5, 5.41) is 2.52. The van der Waals surface area contributed by atoms with Crippen LogP contribution in [0, 0.1) is 0 Å². The molecular formula is C23H21ClN2O3. The Bertz CT molecular complexity index is 1060.